The third-order valence-corrected chi connectivity index (χ3v) is 3.22. The summed E-state index contributed by atoms with van der Waals surface area (Å²) in [4.78, 5) is 4.39. The van der Waals surface area contributed by atoms with Gasteiger partial charge in [0.05, 0.1) is 11.7 Å². The molecule has 2 aromatic rings. The number of rotatable bonds is 4. The van der Waals surface area contributed by atoms with E-state index in [2.05, 4.69) is 33.7 Å². The molecule has 1 unspecified atom stereocenters. The maximum absolute atomic E-state index is 5.71. The second-order valence-electron chi connectivity index (χ2n) is 5.01. The van der Waals surface area contributed by atoms with E-state index in [1.807, 2.05) is 32.5 Å². The van der Waals surface area contributed by atoms with Crippen molar-refractivity contribution < 1.29 is 0 Å². The summed E-state index contributed by atoms with van der Waals surface area (Å²) in [7, 11) is 1.96. The van der Waals surface area contributed by atoms with Gasteiger partial charge in [-0.3, -0.25) is 20.9 Å². The molecule has 5 nitrogen and oxygen atoms in total. The maximum atomic E-state index is 5.71. The fourth-order valence-corrected chi connectivity index (χ4v) is 2.41. The number of hydrogen-bond acceptors (Lipinski definition) is 4. The van der Waals surface area contributed by atoms with Crippen LogP contribution in [-0.2, 0) is 13.5 Å². The average molecular weight is 259 g/mol. The quantitative estimate of drug-likeness (QED) is 0.645. The van der Waals surface area contributed by atoms with Gasteiger partial charge in [0.1, 0.15) is 0 Å². The van der Waals surface area contributed by atoms with E-state index in [4.69, 9.17) is 5.84 Å². The van der Waals surface area contributed by atoms with Crippen LogP contribution in [0.4, 0.5) is 0 Å². The average Bonchev–Trinajstić information content (AvgIpc) is 2.63. The van der Waals surface area contributed by atoms with E-state index in [0.717, 1.165) is 34.8 Å². The molecule has 0 fully saturated rings. The lowest BCUT2D eigenvalue weighted by atomic mass is 10.0. The normalized spacial score (nSPS) is 12.7. The zero-order chi connectivity index (χ0) is 14.0. The molecule has 0 aromatic carbocycles. The molecule has 2 rings (SSSR count). The van der Waals surface area contributed by atoms with Crippen molar-refractivity contribution in [3.05, 3.63) is 46.5 Å². The second-order valence-corrected chi connectivity index (χ2v) is 5.01. The SMILES string of the molecule is Cc1cc(C(Cc2cc(C)nn2C)NN)cc(C)n1. The first-order valence-electron chi connectivity index (χ1n) is 6.40. The summed E-state index contributed by atoms with van der Waals surface area (Å²) in [6.07, 6.45) is 0.802. The van der Waals surface area contributed by atoms with Crippen LogP contribution in [-0.4, -0.2) is 14.8 Å². The molecular formula is C14H21N5. The largest absolute Gasteiger partial charge is 0.272 e. The lowest BCUT2D eigenvalue weighted by molar-refractivity contribution is 0.529. The molecule has 2 aromatic heterocycles. The number of aromatic nitrogens is 3. The molecule has 0 aliphatic rings. The van der Waals surface area contributed by atoms with E-state index in [1.165, 1.54) is 0 Å². The standard InChI is InChI=1S/C14H21N5/c1-9-5-12(6-10(2)16-9)14(17-15)8-13-7-11(3)18-19(13)4/h5-7,14,17H,8,15H2,1-4H3. The van der Waals surface area contributed by atoms with Crippen molar-refractivity contribution in [2.75, 3.05) is 0 Å². The monoisotopic (exact) mass is 259 g/mol. The van der Waals surface area contributed by atoms with Crippen LogP contribution in [0.2, 0.25) is 0 Å². The van der Waals surface area contributed by atoms with Crippen molar-refractivity contribution >= 4 is 0 Å². The van der Waals surface area contributed by atoms with Gasteiger partial charge < -0.3 is 0 Å². The Balaban J connectivity index is 2.27. The minimum absolute atomic E-state index is 0.0650. The van der Waals surface area contributed by atoms with Crippen LogP contribution in [0, 0.1) is 20.8 Å². The molecule has 0 saturated carbocycles. The number of pyridine rings is 1. The van der Waals surface area contributed by atoms with Crippen molar-refractivity contribution in [3.63, 3.8) is 0 Å². The van der Waals surface area contributed by atoms with Crippen LogP contribution in [0.15, 0.2) is 18.2 Å². The Morgan fingerprint density at radius 2 is 1.79 bits per heavy atom. The van der Waals surface area contributed by atoms with Gasteiger partial charge >= 0.3 is 0 Å². The Morgan fingerprint density at radius 3 is 2.26 bits per heavy atom. The number of nitrogens with two attached hydrogens (primary N) is 1. The van der Waals surface area contributed by atoms with Crippen molar-refractivity contribution in [1.29, 1.82) is 0 Å². The van der Waals surface area contributed by atoms with Gasteiger partial charge in [-0.2, -0.15) is 5.10 Å². The third kappa shape index (κ3) is 3.19. The molecule has 2 heterocycles. The van der Waals surface area contributed by atoms with Crippen molar-refractivity contribution in [2.45, 2.75) is 33.2 Å². The molecule has 102 valence electrons. The van der Waals surface area contributed by atoms with Crippen LogP contribution >= 0.6 is 0 Å². The summed E-state index contributed by atoms with van der Waals surface area (Å²) in [6.45, 7) is 5.99. The summed E-state index contributed by atoms with van der Waals surface area (Å²) >= 11 is 0. The molecule has 0 saturated heterocycles. The smallest absolute Gasteiger partial charge is 0.0596 e. The first kappa shape index (κ1) is 13.7. The van der Waals surface area contributed by atoms with Gasteiger partial charge in [-0.15, -0.1) is 0 Å². The van der Waals surface area contributed by atoms with E-state index >= 15 is 0 Å². The summed E-state index contributed by atoms with van der Waals surface area (Å²) in [5.74, 6) is 5.71. The van der Waals surface area contributed by atoms with Crippen molar-refractivity contribution in [1.82, 2.24) is 20.2 Å². The van der Waals surface area contributed by atoms with Gasteiger partial charge in [0.25, 0.3) is 0 Å². The van der Waals surface area contributed by atoms with E-state index in [1.54, 1.807) is 0 Å². The molecule has 0 radical (unpaired) electrons. The molecule has 3 N–H and O–H groups in total. The lowest BCUT2D eigenvalue weighted by Crippen LogP contribution is -2.30. The van der Waals surface area contributed by atoms with Gasteiger partial charge in [0.2, 0.25) is 0 Å². The Kier molecular flexibility index (Phi) is 3.97. The van der Waals surface area contributed by atoms with Crippen LogP contribution < -0.4 is 11.3 Å². The summed E-state index contributed by atoms with van der Waals surface area (Å²) < 4.78 is 1.90. The molecular weight excluding hydrogens is 238 g/mol. The van der Waals surface area contributed by atoms with E-state index in [-0.39, 0.29) is 6.04 Å². The third-order valence-electron chi connectivity index (χ3n) is 3.22. The zero-order valence-corrected chi connectivity index (χ0v) is 11.9. The van der Waals surface area contributed by atoms with Crippen LogP contribution in [0.1, 0.15) is 34.4 Å². The number of nitrogens with one attached hydrogen (secondary N) is 1. The molecule has 0 amide bonds. The first-order chi connectivity index (χ1) is 8.99. The highest BCUT2D eigenvalue weighted by atomic mass is 15.3. The van der Waals surface area contributed by atoms with E-state index < -0.39 is 0 Å². The lowest BCUT2D eigenvalue weighted by Gasteiger charge is -2.17. The highest BCUT2D eigenvalue weighted by molar-refractivity contribution is 5.25. The highest BCUT2D eigenvalue weighted by Crippen LogP contribution is 2.19. The van der Waals surface area contributed by atoms with Crippen LogP contribution in [0.3, 0.4) is 0 Å². The van der Waals surface area contributed by atoms with Gasteiger partial charge in [0, 0.05) is 30.6 Å². The number of hydrogen-bond donors (Lipinski definition) is 2. The van der Waals surface area contributed by atoms with Crippen LogP contribution in [0.25, 0.3) is 0 Å². The molecule has 19 heavy (non-hydrogen) atoms. The Hall–Kier alpha value is -1.72. The van der Waals surface area contributed by atoms with E-state index in [0.29, 0.717) is 0 Å². The second kappa shape index (κ2) is 5.50. The number of nitrogens with zero attached hydrogens (tertiary/aromatic N) is 3. The predicted molar refractivity (Wildman–Crippen MR) is 75.4 cm³/mol. The van der Waals surface area contributed by atoms with Crippen molar-refractivity contribution in [3.8, 4) is 0 Å². The Bertz CT molecular complexity index is 553. The maximum Gasteiger partial charge on any atom is 0.0596 e. The van der Waals surface area contributed by atoms with Crippen LogP contribution in [0.5, 0.6) is 0 Å². The minimum atomic E-state index is 0.0650. The van der Waals surface area contributed by atoms with E-state index in [9.17, 15) is 0 Å². The first-order valence-corrected chi connectivity index (χ1v) is 6.40. The molecule has 0 aliphatic carbocycles. The zero-order valence-electron chi connectivity index (χ0n) is 11.9. The Labute approximate surface area is 113 Å². The predicted octanol–water partition coefficient (Wildman–Crippen LogP) is 1.49. The fourth-order valence-electron chi connectivity index (χ4n) is 2.41. The number of hydrazine groups is 1. The number of aryl methyl sites for hydroxylation is 4. The Morgan fingerprint density at radius 1 is 1.16 bits per heavy atom. The van der Waals surface area contributed by atoms with Gasteiger partial charge in [-0.1, -0.05) is 0 Å². The molecule has 0 bridgehead atoms. The molecule has 1 atom stereocenters. The van der Waals surface area contributed by atoms with Gasteiger partial charge in [0.15, 0.2) is 0 Å². The minimum Gasteiger partial charge on any atom is -0.272 e. The van der Waals surface area contributed by atoms with Crippen molar-refractivity contribution in [2.24, 2.45) is 12.9 Å². The fraction of sp³-hybridized carbons (Fsp3) is 0.429. The summed E-state index contributed by atoms with van der Waals surface area (Å²) in [5, 5.41) is 4.36. The molecule has 0 spiro atoms. The van der Waals surface area contributed by atoms with Gasteiger partial charge in [-0.25, -0.2) is 0 Å². The molecule has 0 aliphatic heterocycles. The summed E-state index contributed by atoms with van der Waals surface area (Å²) in [6, 6.07) is 6.29. The van der Waals surface area contributed by atoms with Gasteiger partial charge in [-0.05, 0) is 44.5 Å². The molecule has 5 heteroatoms. The summed E-state index contributed by atoms with van der Waals surface area (Å²) in [5.41, 5.74) is 8.25. The topological polar surface area (TPSA) is 68.8 Å². The highest BCUT2D eigenvalue weighted by Gasteiger charge is 2.14.